The fraction of sp³-hybridized carbons (Fsp3) is 0.154. The summed E-state index contributed by atoms with van der Waals surface area (Å²) in [5.74, 6) is -1.25. The van der Waals surface area contributed by atoms with E-state index in [2.05, 4.69) is 20.8 Å². The molecule has 2 aromatic rings. The van der Waals surface area contributed by atoms with E-state index < -0.39 is 12.1 Å². The van der Waals surface area contributed by atoms with Gasteiger partial charge in [0, 0.05) is 0 Å². The van der Waals surface area contributed by atoms with Crippen LogP contribution in [-0.2, 0) is 0 Å². The second-order valence-corrected chi connectivity index (χ2v) is 4.55. The molecule has 1 aliphatic heterocycles. The van der Waals surface area contributed by atoms with E-state index in [1.807, 2.05) is 6.92 Å². The molecule has 1 aromatic carbocycles. The lowest BCUT2D eigenvalue weighted by atomic mass is 10.1. The fourth-order valence-corrected chi connectivity index (χ4v) is 2.13. The van der Waals surface area contributed by atoms with Gasteiger partial charge in [0.2, 0.25) is 0 Å². The van der Waals surface area contributed by atoms with Crippen molar-refractivity contribution in [1.82, 2.24) is 15.5 Å². The number of carbonyl (C=O) groups excluding carboxylic acids is 1. The van der Waals surface area contributed by atoms with Crippen LogP contribution in [0.2, 0.25) is 0 Å². The molecule has 3 rings (SSSR count). The standard InChI is InChI=1S/C13H12N4O3/c1-6-9-10(17-16-6)12(18)15-11(14-9)7-2-4-8(5-3-7)13(19)20/h2-5,11,14H,1H3,(H,15,18)(H,16,17)(H,19,20)/t11-/m0/s1. The molecule has 1 aromatic heterocycles. The first kappa shape index (κ1) is 12.2. The summed E-state index contributed by atoms with van der Waals surface area (Å²) in [5, 5.41) is 21.5. The molecule has 1 atom stereocenters. The second-order valence-electron chi connectivity index (χ2n) is 4.55. The Hall–Kier alpha value is -2.83. The Morgan fingerprint density at radius 2 is 1.95 bits per heavy atom. The van der Waals surface area contributed by atoms with Crippen molar-refractivity contribution >= 4 is 17.6 Å². The van der Waals surface area contributed by atoms with Crippen LogP contribution in [0.4, 0.5) is 5.69 Å². The van der Waals surface area contributed by atoms with E-state index in [-0.39, 0.29) is 11.5 Å². The summed E-state index contributed by atoms with van der Waals surface area (Å²) in [6.07, 6.45) is -0.408. The highest BCUT2D eigenvalue weighted by molar-refractivity contribution is 6.00. The molecule has 1 amide bonds. The van der Waals surface area contributed by atoms with E-state index in [4.69, 9.17) is 5.11 Å². The highest BCUT2D eigenvalue weighted by Crippen LogP contribution is 2.27. The van der Waals surface area contributed by atoms with Crippen LogP contribution in [0, 0.1) is 6.92 Å². The number of rotatable bonds is 2. The summed E-state index contributed by atoms with van der Waals surface area (Å²) in [4.78, 5) is 22.7. The first-order valence-corrected chi connectivity index (χ1v) is 6.02. The molecule has 1 aliphatic rings. The van der Waals surface area contributed by atoms with Crippen molar-refractivity contribution in [1.29, 1.82) is 0 Å². The van der Waals surface area contributed by atoms with Gasteiger partial charge in [-0.3, -0.25) is 9.89 Å². The number of carboxylic acid groups (broad SMARTS) is 1. The minimum atomic E-state index is -0.981. The van der Waals surface area contributed by atoms with Crippen molar-refractivity contribution in [3.05, 3.63) is 46.8 Å². The van der Waals surface area contributed by atoms with E-state index in [1.165, 1.54) is 12.1 Å². The van der Waals surface area contributed by atoms with Crippen molar-refractivity contribution in [3.8, 4) is 0 Å². The van der Waals surface area contributed by atoms with Crippen molar-refractivity contribution < 1.29 is 14.7 Å². The molecule has 0 saturated heterocycles. The fourth-order valence-electron chi connectivity index (χ4n) is 2.13. The molecule has 0 spiro atoms. The molecule has 0 fully saturated rings. The summed E-state index contributed by atoms with van der Waals surface area (Å²) in [6, 6.07) is 6.34. The highest BCUT2D eigenvalue weighted by Gasteiger charge is 2.28. The molecule has 4 N–H and O–H groups in total. The SMILES string of the molecule is Cc1[nH]nc2c1N[C@H](c1ccc(C(=O)O)cc1)NC2=O. The van der Waals surface area contributed by atoms with E-state index in [0.717, 1.165) is 11.3 Å². The lowest BCUT2D eigenvalue weighted by Gasteiger charge is -2.26. The number of H-pyrrole nitrogens is 1. The van der Waals surface area contributed by atoms with Crippen molar-refractivity contribution in [2.45, 2.75) is 13.1 Å². The summed E-state index contributed by atoms with van der Waals surface area (Å²) < 4.78 is 0. The van der Waals surface area contributed by atoms with Crippen molar-refractivity contribution in [2.75, 3.05) is 5.32 Å². The van der Waals surface area contributed by atoms with Crippen molar-refractivity contribution in [2.24, 2.45) is 0 Å². The normalized spacial score (nSPS) is 17.1. The van der Waals surface area contributed by atoms with Crippen molar-refractivity contribution in [3.63, 3.8) is 0 Å². The molecule has 2 heterocycles. The third-order valence-corrected chi connectivity index (χ3v) is 3.22. The largest absolute Gasteiger partial charge is 0.478 e. The third-order valence-electron chi connectivity index (χ3n) is 3.22. The number of aromatic nitrogens is 2. The molecule has 20 heavy (non-hydrogen) atoms. The van der Waals surface area contributed by atoms with Crippen LogP contribution in [0.15, 0.2) is 24.3 Å². The van der Waals surface area contributed by atoms with Crippen LogP contribution >= 0.6 is 0 Å². The number of carbonyl (C=O) groups is 2. The van der Waals surface area contributed by atoms with Gasteiger partial charge in [-0.2, -0.15) is 5.10 Å². The number of nitrogens with one attached hydrogen (secondary N) is 3. The molecule has 0 aliphatic carbocycles. The maximum atomic E-state index is 11.9. The van der Waals surface area contributed by atoms with E-state index in [1.54, 1.807) is 12.1 Å². The van der Waals surface area contributed by atoms with E-state index >= 15 is 0 Å². The number of aryl methyl sites for hydroxylation is 1. The minimum absolute atomic E-state index is 0.205. The number of benzene rings is 1. The maximum absolute atomic E-state index is 11.9. The van der Waals surface area contributed by atoms with Crippen LogP contribution < -0.4 is 10.6 Å². The Labute approximate surface area is 114 Å². The molecule has 102 valence electrons. The quantitative estimate of drug-likeness (QED) is 0.658. The number of hydrogen-bond donors (Lipinski definition) is 4. The van der Waals surface area contributed by atoms with Gasteiger partial charge in [-0.25, -0.2) is 4.79 Å². The first-order chi connectivity index (χ1) is 9.56. The lowest BCUT2D eigenvalue weighted by Crippen LogP contribution is -2.38. The summed E-state index contributed by atoms with van der Waals surface area (Å²) >= 11 is 0. The molecule has 0 radical (unpaired) electrons. The Bertz CT molecular complexity index is 690. The van der Waals surface area contributed by atoms with Crippen LogP contribution in [0.1, 0.15) is 38.3 Å². The van der Waals surface area contributed by atoms with Gasteiger partial charge in [0.05, 0.1) is 16.9 Å². The van der Waals surface area contributed by atoms with Crippen LogP contribution in [0.25, 0.3) is 0 Å². The Balaban J connectivity index is 1.91. The smallest absolute Gasteiger partial charge is 0.335 e. The van der Waals surface area contributed by atoms with Crippen LogP contribution in [-0.4, -0.2) is 27.2 Å². The predicted molar refractivity (Wildman–Crippen MR) is 70.6 cm³/mol. The van der Waals surface area contributed by atoms with E-state index in [9.17, 15) is 9.59 Å². The van der Waals surface area contributed by atoms with Gasteiger partial charge >= 0.3 is 5.97 Å². The molecule has 0 saturated carbocycles. The zero-order valence-electron chi connectivity index (χ0n) is 10.6. The zero-order valence-corrected chi connectivity index (χ0v) is 10.6. The summed E-state index contributed by atoms with van der Waals surface area (Å²) in [5.41, 5.74) is 2.76. The highest BCUT2D eigenvalue weighted by atomic mass is 16.4. The maximum Gasteiger partial charge on any atom is 0.335 e. The van der Waals surface area contributed by atoms with Crippen LogP contribution in [0.5, 0.6) is 0 Å². The number of aromatic carboxylic acids is 1. The van der Waals surface area contributed by atoms with Crippen LogP contribution in [0.3, 0.4) is 0 Å². The van der Waals surface area contributed by atoms with Gasteiger partial charge in [0.1, 0.15) is 6.17 Å². The van der Waals surface area contributed by atoms with Gasteiger partial charge in [-0.15, -0.1) is 0 Å². The monoisotopic (exact) mass is 272 g/mol. The topological polar surface area (TPSA) is 107 Å². The minimum Gasteiger partial charge on any atom is -0.478 e. The van der Waals surface area contributed by atoms with Gasteiger partial charge in [0.25, 0.3) is 5.91 Å². The molecular formula is C13H12N4O3. The van der Waals surface area contributed by atoms with Gasteiger partial charge in [-0.1, -0.05) is 12.1 Å². The number of hydrogen-bond acceptors (Lipinski definition) is 4. The Kier molecular flexibility index (Phi) is 2.67. The summed E-state index contributed by atoms with van der Waals surface area (Å²) in [6.45, 7) is 1.82. The number of amides is 1. The molecule has 7 heteroatoms. The zero-order chi connectivity index (χ0) is 14.3. The average Bonchev–Trinajstić information content (AvgIpc) is 2.81. The number of fused-ring (bicyclic) bond motifs is 1. The molecule has 0 bridgehead atoms. The Morgan fingerprint density at radius 3 is 2.60 bits per heavy atom. The molecular weight excluding hydrogens is 260 g/mol. The number of carboxylic acids is 1. The van der Waals surface area contributed by atoms with E-state index in [0.29, 0.717) is 11.4 Å². The number of aromatic amines is 1. The molecule has 7 nitrogen and oxygen atoms in total. The van der Waals surface area contributed by atoms with Gasteiger partial charge in [-0.05, 0) is 24.6 Å². The van der Waals surface area contributed by atoms with Gasteiger partial charge in [0.15, 0.2) is 5.69 Å². The second kappa shape index (κ2) is 4.37. The average molecular weight is 272 g/mol. The Morgan fingerprint density at radius 1 is 1.25 bits per heavy atom. The lowest BCUT2D eigenvalue weighted by molar-refractivity contribution is 0.0696. The predicted octanol–water partition coefficient (Wildman–Crippen LogP) is 1.27. The molecule has 0 unspecified atom stereocenters. The van der Waals surface area contributed by atoms with Gasteiger partial charge < -0.3 is 15.7 Å². The first-order valence-electron chi connectivity index (χ1n) is 6.02. The summed E-state index contributed by atoms with van der Waals surface area (Å²) in [7, 11) is 0. The number of anilines is 1. The third kappa shape index (κ3) is 1.89. The number of nitrogens with zero attached hydrogens (tertiary/aromatic N) is 1.